The molecule has 0 saturated carbocycles. The molecular formula is C23H32ClN7O2S. The number of benzene rings is 1. The highest BCUT2D eigenvalue weighted by Crippen LogP contribution is 2.26. The van der Waals surface area contributed by atoms with Gasteiger partial charge in [0.05, 0.1) is 28.9 Å². The van der Waals surface area contributed by atoms with Crippen LogP contribution in [0.15, 0.2) is 35.4 Å². The summed E-state index contributed by atoms with van der Waals surface area (Å²) in [6, 6.07) is 7.44. The number of hydrogen-bond acceptors (Lipinski definition) is 9. The zero-order valence-electron chi connectivity index (χ0n) is 19.8. The van der Waals surface area contributed by atoms with Gasteiger partial charge >= 0.3 is 0 Å². The van der Waals surface area contributed by atoms with Crippen LogP contribution in [0.4, 0.5) is 17.3 Å². The number of para-hydroxylation sites is 1. The Labute approximate surface area is 210 Å². The lowest BCUT2D eigenvalue weighted by atomic mass is 10.2. The number of aliphatic hydroxyl groups is 1. The average Bonchev–Trinajstić information content (AvgIpc) is 2.82. The summed E-state index contributed by atoms with van der Waals surface area (Å²) >= 11 is 7.57. The smallest absolute Gasteiger partial charge is 0.263 e. The van der Waals surface area contributed by atoms with Gasteiger partial charge in [0.1, 0.15) is 17.5 Å². The molecule has 1 aliphatic heterocycles. The zero-order valence-corrected chi connectivity index (χ0v) is 21.3. The molecule has 1 amide bonds. The van der Waals surface area contributed by atoms with Gasteiger partial charge in [-0.1, -0.05) is 23.7 Å². The van der Waals surface area contributed by atoms with Crippen LogP contribution < -0.4 is 20.9 Å². The number of hydrogen-bond donors (Lipinski definition) is 4. The van der Waals surface area contributed by atoms with Gasteiger partial charge in [-0.05, 0) is 31.7 Å². The molecule has 0 radical (unpaired) electrons. The van der Waals surface area contributed by atoms with Crippen molar-refractivity contribution in [1.29, 1.82) is 0 Å². The molecule has 9 nitrogen and oxygen atoms in total. The second kappa shape index (κ2) is 12.8. The van der Waals surface area contributed by atoms with Crippen molar-refractivity contribution in [3.63, 3.8) is 0 Å². The number of carbonyl (C=O) groups is 1. The van der Waals surface area contributed by atoms with E-state index in [4.69, 9.17) is 16.7 Å². The van der Waals surface area contributed by atoms with Gasteiger partial charge in [0.2, 0.25) is 0 Å². The Hall–Kier alpha value is -2.53. The van der Waals surface area contributed by atoms with E-state index in [1.165, 1.54) is 11.8 Å². The molecular weight excluding hydrogens is 474 g/mol. The number of aryl methyl sites for hydroxylation is 2. The molecule has 0 bridgehead atoms. The lowest BCUT2D eigenvalue weighted by Gasteiger charge is -2.35. The van der Waals surface area contributed by atoms with Gasteiger partial charge in [-0.15, -0.1) is 11.8 Å². The van der Waals surface area contributed by atoms with Gasteiger partial charge in [0.15, 0.2) is 0 Å². The van der Waals surface area contributed by atoms with Crippen molar-refractivity contribution in [2.24, 2.45) is 0 Å². The molecule has 184 valence electrons. The summed E-state index contributed by atoms with van der Waals surface area (Å²) < 4.78 is 0. The van der Waals surface area contributed by atoms with Gasteiger partial charge < -0.3 is 26.0 Å². The van der Waals surface area contributed by atoms with E-state index >= 15 is 0 Å². The lowest BCUT2D eigenvalue weighted by Crippen LogP contribution is -2.47. The van der Waals surface area contributed by atoms with Crippen molar-refractivity contribution < 1.29 is 9.90 Å². The number of halogens is 1. The molecule has 0 atom stereocenters. The first-order valence-corrected chi connectivity index (χ1v) is 12.7. The number of nitrogens with zero attached hydrogens (tertiary/aromatic N) is 4. The molecule has 4 N–H and O–H groups in total. The molecule has 1 saturated heterocycles. The Bertz CT molecular complexity index is 993. The molecule has 1 aliphatic rings. The molecule has 0 unspecified atom stereocenters. The van der Waals surface area contributed by atoms with Crippen LogP contribution in [0.3, 0.4) is 0 Å². The third kappa shape index (κ3) is 7.23. The summed E-state index contributed by atoms with van der Waals surface area (Å²) in [6.07, 6.45) is 3.52. The molecule has 11 heteroatoms. The van der Waals surface area contributed by atoms with Crippen LogP contribution in [-0.4, -0.2) is 78.1 Å². The summed E-state index contributed by atoms with van der Waals surface area (Å²) in [5, 5.41) is 18.9. The summed E-state index contributed by atoms with van der Waals surface area (Å²) in [5.74, 6) is 2.06. The highest BCUT2D eigenvalue weighted by atomic mass is 35.5. The normalized spacial score (nSPS) is 14.7. The van der Waals surface area contributed by atoms with E-state index in [9.17, 15) is 4.79 Å². The van der Waals surface area contributed by atoms with E-state index in [1.807, 2.05) is 38.3 Å². The van der Waals surface area contributed by atoms with Crippen molar-refractivity contribution >= 4 is 46.6 Å². The van der Waals surface area contributed by atoms with Gasteiger partial charge in [-0.25, -0.2) is 9.97 Å². The first-order chi connectivity index (χ1) is 16.4. The number of aliphatic hydroxyl groups excluding tert-OH is 1. The van der Waals surface area contributed by atoms with E-state index in [2.05, 4.69) is 35.7 Å². The zero-order chi connectivity index (χ0) is 24.5. The predicted octanol–water partition coefficient (Wildman–Crippen LogP) is 2.66. The molecule has 3 rings (SSSR count). The number of rotatable bonds is 10. The third-order valence-corrected chi connectivity index (χ3v) is 6.50. The second-order valence-corrected chi connectivity index (χ2v) is 9.12. The van der Waals surface area contributed by atoms with Crippen molar-refractivity contribution in [2.75, 3.05) is 67.8 Å². The Morgan fingerprint density at radius 2 is 2.00 bits per heavy atom. The maximum Gasteiger partial charge on any atom is 0.263 e. The van der Waals surface area contributed by atoms with Crippen molar-refractivity contribution in [1.82, 2.24) is 20.2 Å². The van der Waals surface area contributed by atoms with Crippen LogP contribution in [-0.2, 0) is 4.79 Å². The van der Waals surface area contributed by atoms with E-state index in [-0.39, 0.29) is 12.5 Å². The molecule has 1 fully saturated rings. The fourth-order valence-corrected chi connectivity index (χ4v) is 4.32. The van der Waals surface area contributed by atoms with Gasteiger partial charge in [0, 0.05) is 45.0 Å². The first kappa shape index (κ1) is 26.1. The highest BCUT2D eigenvalue weighted by Gasteiger charge is 2.18. The fourth-order valence-electron chi connectivity index (χ4n) is 3.61. The van der Waals surface area contributed by atoms with Gasteiger partial charge in [-0.2, -0.15) is 0 Å². The Morgan fingerprint density at radius 1 is 1.24 bits per heavy atom. The second-order valence-electron chi connectivity index (χ2n) is 7.87. The fraction of sp³-hybridized carbons (Fsp3) is 0.435. The van der Waals surface area contributed by atoms with Crippen LogP contribution in [0.2, 0.25) is 5.02 Å². The Kier molecular flexibility index (Phi) is 9.82. The van der Waals surface area contributed by atoms with Crippen LogP contribution in [0.25, 0.3) is 0 Å². The van der Waals surface area contributed by atoms with Crippen molar-refractivity contribution in [3.8, 4) is 0 Å². The average molecular weight is 506 g/mol. The summed E-state index contributed by atoms with van der Waals surface area (Å²) in [4.78, 5) is 26.7. The number of aromatic nitrogens is 2. The van der Waals surface area contributed by atoms with Crippen molar-refractivity contribution in [2.45, 2.75) is 13.8 Å². The number of amides is 1. The maximum absolute atomic E-state index is 12.7. The van der Waals surface area contributed by atoms with Crippen LogP contribution in [0.1, 0.15) is 11.4 Å². The molecule has 2 aromatic rings. The largest absolute Gasteiger partial charge is 0.395 e. The number of anilines is 3. The molecule has 1 aromatic carbocycles. The van der Waals surface area contributed by atoms with Crippen molar-refractivity contribution in [3.05, 3.63) is 51.8 Å². The Balaban J connectivity index is 1.55. The van der Waals surface area contributed by atoms with Crippen LogP contribution >= 0.6 is 23.4 Å². The highest BCUT2D eigenvalue weighted by molar-refractivity contribution is 8.03. The predicted molar refractivity (Wildman–Crippen MR) is 141 cm³/mol. The van der Waals surface area contributed by atoms with Gasteiger partial charge in [0.25, 0.3) is 5.91 Å². The minimum atomic E-state index is -0.225. The monoisotopic (exact) mass is 505 g/mol. The summed E-state index contributed by atoms with van der Waals surface area (Å²) in [7, 11) is 0. The number of piperazine rings is 1. The molecule has 34 heavy (non-hydrogen) atoms. The maximum atomic E-state index is 12.7. The number of carbonyl (C=O) groups excluding carboxylic acids is 1. The minimum Gasteiger partial charge on any atom is -0.395 e. The van der Waals surface area contributed by atoms with E-state index in [0.717, 1.165) is 37.6 Å². The quantitative estimate of drug-likeness (QED) is 0.220. The first-order valence-electron chi connectivity index (χ1n) is 11.1. The lowest BCUT2D eigenvalue weighted by molar-refractivity contribution is -0.112. The number of nitrogens with one attached hydrogen (secondary N) is 3. The van der Waals surface area contributed by atoms with Crippen LogP contribution in [0.5, 0.6) is 0 Å². The summed E-state index contributed by atoms with van der Waals surface area (Å²) in [6.45, 7) is 8.55. The molecule has 2 heterocycles. The minimum absolute atomic E-state index is 0.182. The van der Waals surface area contributed by atoms with Gasteiger partial charge in [-0.3, -0.25) is 9.69 Å². The standard InChI is InChI=1S/C23H32ClN7O2S/c1-16-5-4-6-18(24)22(16)29-23(33)19(34-3)14-25-15-26-20-13-21(28-17(2)27-20)31-9-7-30(8-10-31)11-12-32/h4-6,13-14,25,32H,7-12,15H2,1-3H3,(H,29,33)(H,26,27,28)/b19-14-. The summed E-state index contributed by atoms with van der Waals surface area (Å²) in [5.41, 5.74) is 1.52. The molecule has 1 aromatic heterocycles. The Morgan fingerprint density at radius 3 is 2.68 bits per heavy atom. The van der Waals surface area contributed by atoms with E-state index in [0.29, 0.717) is 40.5 Å². The van der Waals surface area contributed by atoms with Crippen LogP contribution in [0, 0.1) is 13.8 Å². The van der Waals surface area contributed by atoms with E-state index < -0.39 is 0 Å². The molecule has 0 aliphatic carbocycles. The topological polar surface area (TPSA) is 106 Å². The SMILES string of the molecule is CS/C(=C\NCNc1cc(N2CCN(CCO)CC2)nc(C)n1)C(=O)Nc1c(C)cccc1Cl. The van der Waals surface area contributed by atoms with E-state index in [1.54, 1.807) is 12.3 Å². The number of thioether (sulfide) groups is 1. The molecule has 0 spiro atoms. The number of β-amino-alcohol motifs (C(OH)–C–C–N with tert-alkyl or cyclic N) is 1. The third-order valence-electron chi connectivity index (χ3n) is 5.45.